The van der Waals surface area contributed by atoms with Crippen LogP contribution in [0.3, 0.4) is 0 Å². The maximum atomic E-state index is 12.0. The van der Waals surface area contributed by atoms with E-state index in [2.05, 4.69) is 17.0 Å². The number of nitrogens with two attached hydrogens (primary N) is 1. The van der Waals surface area contributed by atoms with E-state index in [9.17, 15) is 18.5 Å². The molecular weight excluding hydrogens is 590 g/mol. The number of carbonyl (C=O) groups is 1. The van der Waals surface area contributed by atoms with Gasteiger partial charge in [0.05, 0.1) is 35.8 Å². The summed E-state index contributed by atoms with van der Waals surface area (Å²) in [6, 6.07) is 17.8. The SMILES string of the molecule is COc1ccc(/C(C#N)=C/c2ccc(N3CCC(OC(=O)C(C)(C)N)CC3)s2)cc1OC.Cc1ccc(S(=O)(=O)O)cc1. The van der Waals surface area contributed by atoms with Gasteiger partial charge < -0.3 is 24.8 Å². The van der Waals surface area contributed by atoms with Crippen molar-refractivity contribution in [1.82, 2.24) is 0 Å². The zero-order valence-electron chi connectivity index (χ0n) is 24.9. The molecule has 0 atom stereocenters. The predicted molar refractivity (Wildman–Crippen MR) is 168 cm³/mol. The Morgan fingerprint density at radius 1 is 1.07 bits per heavy atom. The van der Waals surface area contributed by atoms with Gasteiger partial charge in [0.1, 0.15) is 11.6 Å². The second-order valence-corrected chi connectivity index (χ2v) is 13.0. The van der Waals surface area contributed by atoms with E-state index in [1.807, 2.05) is 25.1 Å². The molecule has 43 heavy (non-hydrogen) atoms. The Labute approximate surface area is 257 Å². The third-order valence-electron chi connectivity index (χ3n) is 6.59. The number of nitriles is 1. The summed E-state index contributed by atoms with van der Waals surface area (Å²) in [6.07, 6.45) is 3.31. The number of esters is 1. The van der Waals surface area contributed by atoms with Gasteiger partial charge in [0.2, 0.25) is 0 Å². The van der Waals surface area contributed by atoms with Crippen molar-refractivity contribution in [2.75, 3.05) is 32.2 Å². The molecule has 0 bridgehead atoms. The third kappa shape index (κ3) is 9.56. The smallest absolute Gasteiger partial charge is 0.325 e. The average Bonchev–Trinajstić information content (AvgIpc) is 3.44. The molecule has 3 aromatic rings. The lowest BCUT2D eigenvalue weighted by atomic mass is 10.1. The van der Waals surface area contributed by atoms with Crippen molar-refractivity contribution >= 4 is 44.1 Å². The molecule has 4 rings (SSSR count). The maximum absolute atomic E-state index is 12.0. The molecule has 10 nitrogen and oxygen atoms in total. The van der Waals surface area contributed by atoms with Gasteiger partial charge >= 0.3 is 5.97 Å². The van der Waals surface area contributed by atoms with Gasteiger partial charge in [-0.05, 0) is 74.9 Å². The van der Waals surface area contributed by atoms with Gasteiger partial charge in [-0.2, -0.15) is 13.7 Å². The molecule has 0 unspecified atom stereocenters. The number of methoxy groups -OCH3 is 2. The number of piperidine rings is 1. The van der Waals surface area contributed by atoms with Gasteiger partial charge in [0.25, 0.3) is 10.1 Å². The molecule has 3 N–H and O–H groups in total. The third-order valence-corrected chi connectivity index (χ3v) is 8.55. The first-order chi connectivity index (χ1) is 20.2. The summed E-state index contributed by atoms with van der Waals surface area (Å²) in [5.74, 6) is 0.842. The summed E-state index contributed by atoms with van der Waals surface area (Å²) in [5.41, 5.74) is 7.12. The Bertz CT molecular complexity index is 1580. The second-order valence-electron chi connectivity index (χ2n) is 10.5. The molecule has 1 aliphatic rings. The zero-order valence-corrected chi connectivity index (χ0v) is 26.5. The number of aryl methyl sites for hydroxylation is 1. The van der Waals surface area contributed by atoms with Crippen molar-refractivity contribution in [3.63, 3.8) is 0 Å². The molecule has 2 aromatic carbocycles. The second kappa shape index (κ2) is 14.5. The fourth-order valence-electron chi connectivity index (χ4n) is 4.12. The first-order valence-corrected chi connectivity index (χ1v) is 15.7. The number of nitrogens with zero attached hydrogens (tertiary/aromatic N) is 2. The minimum atomic E-state index is -4.02. The van der Waals surface area contributed by atoms with Gasteiger partial charge in [-0.1, -0.05) is 17.7 Å². The van der Waals surface area contributed by atoms with Crippen molar-refractivity contribution < 1.29 is 32.0 Å². The highest BCUT2D eigenvalue weighted by molar-refractivity contribution is 7.85. The van der Waals surface area contributed by atoms with E-state index in [4.69, 9.17) is 24.5 Å². The lowest BCUT2D eigenvalue weighted by Crippen LogP contribution is -2.46. The van der Waals surface area contributed by atoms with E-state index in [1.165, 1.54) is 12.1 Å². The lowest BCUT2D eigenvalue weighted by molar-refractivity contribution is -0.155. The fourth-order valence-corrected chi connectivity index (χ4v) is 5.61. The molecule has 2 heterocycles. The van der Waals surface area contributed by atoms with Gasteiger partial charge in [0, 0.05) is 30.8 Å². The Hall–Kier alpha value is -3.89. The van der Waals surface area contributed by atoms with Crippen molar-refractivity contribution in [3.05, 3.63) is 70.6 Å². The van der Waals surface area contributed by atoms with Crippen molar-refractivity contribution in [2.45, 2.75) is 50.2 Å². The molecule has 1 saturated heterocycles. The summed E-state index contributed by atoms with van der Waals surface area (Å²) in [7, 11) is -0.865. The number of benzene rings is 2. The lowest BCUT2D eigenvalue weighted by Gasteiger charge is -2.33. The monoisotopic (exact) mass is 627 g/mol. The van der Waals surface area contributed by atoms with Crippen LogP contribution in [0.25, 0.3) is 11.6 Å². The van der Waals surface area contributed by atoms with Crippen molar-refractivity contribution in [2.24, 2.45) is 5.73 Å². The molecule has 1 aromatic heterocycles. The van der Waals surface area contributed by atoms with Crippen molar-refractivity contribution in [3.8, 4) is 17.6 Å². The zero-order chi connectivity index (χ0) is 31.8. The number of hydrogen-bond donors (Lipinski definition) is 2. The summed E-state index contributed by atoms with van der Waals surface area (Å²) in [4.78, 5) is 15.2. The van der Waals surface area contributed by atoms with E-state index < -0.39 is 15.7 Å². The number of hydrogen-bond acceptors (Lipinski definition) is 10. The molecular formula is C31H37N3O7S2. The van der Waals surface area contributed by atoms with Gasteiger partial charge in [0.15, 0.2) is 11.5 Å². The van der Waals surface area contributed by atoms with Crippen LogP contribution in [0.15, 0.2) is 59.5 Å². The molecule has 0 spiro atoms. The number of rotatable bonds is 8. The fraction of sp³-hybridized carbons (Fsp3) is 0.355. The summed E-state index contributed by atoms with van der Waals surface area (Å²) in [5, 5.41) is 10.8. The van der Waals surface area contributed by atoms with Crippen LogP contribution < -0.4 is 20.1 Å². The number of allylic oxidation sites excluding steroid dienone is 1. The summed E-state index contributed by atoms with van der Waals surface area (Å²) < 4.78 is 45.7. The number of thiophene rings is 1. The van der Waals surface area contributed by atoms with Crippen LogP contribution in [0.1, 0.15) is 42.7 Å². The molecule has 0 saturated carbocycles. The van der Waals surface area contributed by atoms with Crippen LogP contribution in [0, 0.1) is 18.3 Å². The highest BCUT2D eigenvalue weighted by atomic mass is 32.2. The predicted octanol–water partition coefficient (Wildman–Crippen LogP) is 5.32. The number of ether oxygens (including phenoxy) is 3. The molecule has 12 heteroatoms. The van der Waals surface area contributed by atoms with E-state index in [-0.39, 0.29) is 17.0 Å². The van der Waals surface area contributed by atoms with Crippen LogP contribution >= 0.6 is 11.3 Å². The van der Waals surface area contributed by atoms with E-state index in [1.54, 1.807) is 63.7 Å². The number of anilines is 1. The van der Waals surface area contributed by atoms with E-state index >= 15 is 0 Å². The Kier molecular flexibility index (Phi) is 11.4. The van der Waals surface area contributed by atoms with Crippen molar-refractivity contribution in [1.29, 1.82) is 5.26 Å². The highest BCUT2D eigenvalue weighted by Crippen LogP contribution is 2.34. The summed E-state index contributed by atoms with van der Waals surface area (Å²) >= 11 is 1.63. The van der Waals surface area contributed by atoms with Crippen LogP contribution in [0.4, 0.5) is 5.00 Å². The number of carbonyl (C=O) groups excluding carboxylic acids is 1. The Morgan fingerprint density at radius 3 is 2.23 bits per heavy atom. The summed E-state index contributed by atoms with van der Waals surface area (Å²) in [6.45, 7) is 6.75. The normalized spacial score (nSPS) is 14.3. The van der Waals surface area contributed by atoms with E-state index in [0.29, 0.717) is 17.1 Å². The molecule has 0 amide bonds. The van der Waals surface area contributed by atoms with Crippen LogP contribution in [0.2, 0.25) is 0 Å². The standard InChI is InChI=1S/C24H29N3O4S.C7H8O3S/c1-24(2,26)23(28)31-18-9-11-27(12-10-18)22-8-6-19(32-22)13-17(15-25)16-5-7-20(29-3)21(14-16)30-4;1-6-2-4-7(5-3-6)11(8,9)10/h5-8,13-14,18H,9-12,26H2,1-4H3;2-5H,1H3,(H,8,9,10)/b17-13+;. The molecule has 0 radical (unpaired) electrons. The largest absolute Gasteiger partial charge is 0.493 e. The molecule has 230 valence electrons. The maximum Gasteiger partial charge on any atom is 0.325 e. The van der Waals surface area contributed by atoms with Crippen LogP contribution in [-0.4, -0.2) is 57.9 Å². The first-order valence-electron chi connectivity index (χ1n) is 13.5. The molecule has 1 aliphatic heterocycles. The Balaban J connectivity index is 0.000000386. The van der Waals surface area contributed by atoms with Gasteiger partial charge in [-0.25, -0.2) is 0 Å². The quantitative estimate of drug-likeness (QED) is 0.191. The molecule has 1 fully saturated rings. The topological polar surface area (TPSA) is 152 Å². The molecule has 0 aliphatic carbocycles. The van der Waals surface area contributed by atoms with E-state index in [0.717, 1.165) is 46.9 Å². The average molecular weight is 628 g/mol. The highest BCUT2D eigenvalue weighted by Gasteiger charge is 2.29. The Morgan fingerprint density at radius 2 is 1.70 bits per heavy atom. The van der Waals surface area contributed by atoms with Gasteiger partial charge in [-0.15, -0.1) is 11.3 Å². The first kappa shape index (κ1) is 33.6. The minimum absolute atomic E-state index is 0.0666. The van der Waals surface area contributed by atoms with Crippen LogP contribution in [0.5, 0.6) is 11.5 Å². The van der Waals surface area contributed by atoms with Gasteiger partial charge in [-0.3, -0.25) is 9.35 Å². The van der Waals surface area contributed by atoms with Crippen LogP contribution in [-0.2, 0) is 19.6 Å². The minimum Gasteiger partial charge on any atom is -0.493 e.